The summed E-state index contributed by atoms with van der Waals surface area (Å²) in [6.45, 7) is 1.79. The van der Waals surface area contributed by atoms with Gasteiger partial charge in [0.2, 0.25) is 5.79 Å². The second kappa shape index (κ2) is 8.76. The quantitative estimate of drug-likeness (QED) is 0.527. The molecule has 0 aliphatic carbocycles. The van der Waals surface area contributed by atoms with Crippen LogP contribution >= 0.6 is 27.5 Å². The van der Waals surface area contributed by atoms with Crippen LogP contribution in [-0.2, 0) is 33.1 Å². The van der Waals surface area contributed by atoms with Gasteiger partial charge in [0.25, 0.3) is 0 Å². The van der Waals surface area contributed by atoms with Gasteiger partial charge in [0.05, 0.1) is 32.7 Å². The molecule has 0 bridgehead atoms. The molecule has 28 heavy (non-hydrogen) atoms. The van der Waals surface area contributed by atoms with Crippen LogP contribution in [0.2, 0.25) is 5.02 Å². The van der Waals surface area contributed by atoms with Crippen LogP contribution in [0, 0.1) is 0 Å². The smallest absolute Gasteiger partial charge is 0.215 e. The van der Waals surface area contributed by atoms with Crippen molar-refractivity contribution in [1.29, 1.82) is 0 Å². The summed E-state index contributed by atoms with van der Waals surface area (Å²) in [7, 11) is 0. The van der Waals surface area contributed by atoms with E-state index in [-0.39, 0.29) is 6.10 Å². The zero-order chi connectivity index (χ0) is 19.4. The average molecular weight is 464 g/mol. The van der Waals surface area contributed by atoms with Crippen LogP contribution in [0.3, 0.4) is 0 Å². The highest BCUT2D eigenvalue weighted by Gasteiger charge is 2.41. The van der Waals surface area contributed by atoms with E-state index in [4.69, 9.17) is 25.8 Å². The summed E-state index contributed by atoms with van der Waals surface area (Å²) in [4.78, 5) is 4.11. The minimum Gasteiger partial charge on any atom is -0.369 e. The molecule has 1 aromatic heterocycles. The van der Waals surface area contributed by atoms with E-state index < -0.39 is 5.79 Å². The molecule has 1 aliphatic rings. The van der Waals surface area contributed by atoms with Gasteiger partial charge in [-0.05, 0) is 23.8 Å². The van der Waals surface area contributed by atoms with E-state index in [2.05, 4.69) is 20.9 Å². The van der Waals surface area contributed by atoms with Crippen molar-refractivity contribution in [1.82, 2.24) is 9.55 Å². The lowest BCUT2D eigenvalue weighted by atomic mass is 10.0. The van der Waals surface area contributed by atoms with Crippen molar-refractivity contribution in [3.8, 4) is 0 Å². The van der Waals surface area contributed by atoms with Crippen LogP contribution in [0.1, 0.15) is 11.1 Å². The molecule has 0 N–H and O–H groups in total. The first-order valence-electron chi connectivity index (χ1n) is 8.99. The fourth-order valence-electron chi connectivity index (χ4n) is 3.16. The van der Waals surface area contributed by atoms with Gasteiger partial charge in [0.1, 0.15) is 6.10 Å². The van der Waals surface area contributed by atoms with Gasteiger partial charge < -0.3 is 18.8 Å². The van der Waals surface area contributed by atoms with Gasteiger partial charge in [-0.2, -0.15) is 0 Å². The Morgan fingerprint density at radius 1 is 1.14 bits per heavy atom. The Kier molecular flexibility index (Phi) is 6.13. The maximum absolute atomic E-state index is 6.46. The Hall–Kier alpha value is -1.70. The molecule has 146 valence electrons. The van der Waals surface area contributed by atoms with Crippen LogP contribution in [0.4, 0.5) is 0 Å². The maximum Gasteiger partial charge on any atom is 0.215 e. The van der Waals surface area contributed by atoms with E-state index in [1.807, 2.05) is 59.3 Å². The highest BCUT2D eigenvalue weighted by Crippen LogP contribution is 2.37. The van der Waals surface area contributed by atoms with E-state index in [0.29, 0.717) is 31.4 Å². The SMILES string of the molecule is Clc1ccccc1C1(Cn2ccnc2)OCC(OCc2ccc(Br)cc2)CO1. The van der Waals surface area contributed by atoms with Gasteiger partial charge >= 0.3 is 0 Å². The third kappa shape index (κ3) is 4.47. The Labute approximate surface area is 177 Å². The molecule has 3 aromatic rings. The minimum absolute atomic E-state index is 0.151. The number of halogens is 2. The topological polar surface area (TPSA) is 45.5 Å². The molecule has 4 rings (SSSR count). The van der Waals surface area contributed by atoms with Crippen molar-refractivity contribution in [2.24, 2.45) is 0 Å². The molecule has 0 unspecified atom stereocenters. The van der Waals surface area contributed by atoms with Crippen LogP contribution in [0.25, 0.3) is 0 Å². The Balaban J connectivity index is 1.46. The summed E-state index contributed by atoms with van der Waals surface area (Å²) in [5, 5.41) is 0.608. The van der Waals surface area contributed by atoms with Crippen LogP contribution in [0.15, 0.2) is 71.7 Å². The molecular weight excluding hydrogens is 444 g/mol. The largest absolute Gasteiger partial charge is 0.369 e. The third-order valence-electron chi connectivity index (χ3n) is 4.64. The molecule has 1 fully saturated rings. The number of rotatable bonds is 6. The number of nitrogens with zero attached hydrogens (tertiary/aromatic N) is 2. The zero-order valence-corrected chi connectivity index (χ0v) is 17.5. The number of benzene rings is 2. The Morgan fingerprint density at radius 3 is 2.57 bits per heavy atom. The molecule has 0 spiro atoms. The number of aromatic nitrogens is 2. The summed E-state index contributed by atoms with van der Waals surface area (Å²) >= 11 is 9.90. The van der Waals surface area contributed by atoms with Crippen molar-refractivity contribution < 1.29 is 14.2 Å². The lowest BCUT2D eigenvalue weighted by Crippen LogP contribution is -2.47. The number of ether oxygens (including phenoxy) is 3. The first-order valence-corrected chi connectivity index (χ1v) is 10.2. The van der Waals surface area contributed by atoms with Gasteiger partial charge in [0.15, 0.2) is 0 Å². The van der Waals surface area contributed by atoms with Gasteiger partial charge in [0, 0.05) is 27.5 Å². The molecule has 0 saturated carbocycles. The molecule has 5 nitrogen and oxygen atoms in total. The second-order valence-electron chi connectivity index (χ2n) is 6.65. The van der Waals surface area contributed by atoms with Crippen molar-refractivity contribution in [3.05, 3.63) is 87.9 Å². The van der Waals surface area contributed by atoms with E-state index in [1.165, 1.54) is 0 Å². The summed E-state index contributed by atoms with van der Waals surface area (Å²) < 4.78 is 21.4. The maximum atomic E-state index is 6.46. The zero-order valence-electron chi connectivity index (χ0n) is 15.1. The highest BCUT2D eigenvalue weighted by molar-refractivity contribution is 9.10. The predicted molar refractivity (Wildman–Crippen MR) is 110 cm³/mol. The third-order valence-corrected chi connectivity index (χ3v) is 5.50. The van der Waals surface area contributed by atoms with E-state index >= 15 is 0 Å². The fraction of sp³-hybridized carbons (Fsp3) is 0.286. The second-order valence-corrected chi connectivity index (χ2v) is 7.97. The molecule has 0 radical (unpaired) electrons. The Morgan fingerprint density at radius 2 is 1.89 bits per heavy atom. The molecule has 1 saturated heterocycles. The molecule has 0 amide bonds. The number of hydrogen-bond acceptors (Lipinski definition) is 4. The predicted octanol–water partition coefficient (Wildman–Crippen LogP) is 4.78. The van der Waals surface area contributed by atoms with Crippen LogP contribution in [-0.4, -0.2) is 28.9 Å². The minimum atomic E-state index is -0.976. The molecular formula is C21H20BrClN2O3. The van der Waals surface area contributed by atoms with E-state index in [1.54, 1.807) is 12.5 Å². The van der Waals surface area contributed by atoms with Gasteiger partial charge in [-0.15, -0.1) is 0 Å². The van der Waals surface area contributed by atoms with E-state index in [0.717, 1.165) is 15.6 Å². The number of imidazole rings is 1. The van der Waals surface area contributed by atoms with Crippen molar-refractivity contribution >= 4 is 27.5 Å². The van der Waals surface area contributed by atoms with E-state index in [9.17, 15) is 0 Å². The summed E-state index contributed by atoms with van der Waals surface area (Å²) in [5.41, 5.74) is 1.90. The first kappa shape index (κ1) is 19.6. The number of hydrogen-bond donors (Lipinski definition) is 0. The van der Waals surface area contributed by atoms with Gasteiger partial charge in [-0.1, -0.05) is 57.9 Å². The standard InChI is InChI=1S/C21H20BrClN2O3/c22-17-7-5-16(6-8-17)11-26-18-12-27-21(28-13-18,14-25-10-9-24-15-25)19-3-1-2-4-20(19)23/h1-10,15,18H,11-14H2. The van der Waals surface area contributed by atoms with Crippen LogP contribution < -0.4 is 0 Å². The van der Waals surface area contributed by atoms with Crippen molar-refractivity contribution in [2.45, 2.75) is 25.0 Å². The lowest BCUT2D eigenvalue weighted by molar-refractivity contribution is -0.313. The Bertz CT molecular complexity index is 894. The molecule has 2 aromatic carbocycles. The molecule has 2 heterocycles. The van der Waals surface area contributed by atoms with Gasteiger partial charge in [-0.3, -0.25) is 0 Å². The first-order chi connectivity index (χ1) is 13.6. The lowest BCUT2D eigenvalue weighted by Gasteiger charge is -2.40. The molecule has 0 atom stereocenters. The fourth-order valence-corrected chi connectivity index (χ4v) is 3.70. The average Bonchev–Trinajstić information content (AvgIpc) is 3.22. The summed E-state index contributed by atoms with van der Waals surface area (Å²) in [6.07, 6.45) is 5.19. The van der Waals surface area contributed by atoms with Gasteiger partial charge in [-0.25, -0.2) is 4.98 Å². The van der Waals surface area contributed by atoms with Crippen molar-refractivity contribution in [2.75, 3.05) is 13.2 Å². The summed E-state index contributed by atoms with van der Waals surface area (Å²) in [5.74, 6) is -0.976. The van der Waals surface area contributed by atoms with Crippen molar-refractivity contribution in [3.63, 3.8) is 0 Å². The molecule has 7 heteroatoms. The normalized spacial score (nSPS) is 22.3. The molecule has 1 aliphatic heterocycles. The highest BCUT2D eigenvalue weighted by atomic mass is 79.9. The van der Waals surface area contributed by atoms with Crippen LogP contribution in [0.5, 0.6) is 0 Å². The monoisotopic (exact) mass is 462 g/mol. The summed E-state index contributed by atoms with van der Waals surface area (Å²) in [6, 6.07) is 15.7.